The van der Waals surface area contributed by atoms with Crippen LogP contribution in [0.3, 0.4) is 0 Å². The number of anilines is 1. The van der Waals surface area contributed by atoms with Crippen LogP contribution < -0.4 is 24.0 Å². The summed E-state index contributed by atoms with van der Waals surface area (Å²) in [7, 11) is 1.68. The molecule has 1 heterocycles. The maximum atomic E-state index is 5.80. The molecule has 0 saturated carbocycles. The van der Waals surface area contributed by atoms with Gasteiger partial charge in [-0.25, -0.2) is 0 Å². The summed E-state index contributed by atoms with van der Waals surface area (Å²) >= 11 is 0. The van der Waals surface area contributed by atoms with Gasteiger partial charge >= 0.3 is 0 Å². The van der Waals surface area contributed by atoms with Crippen LogP contribution in [0.2, 0.25) is 0 Å². The Kier molecular flexibility index (Phi) is 6.82. The highest BCUT2D eigenvalue weighted by molar-refractivity contribution is 5.58. The predicted molar refractivity (Wildman–Crippen MR) is 108 cm³/mol. The van der Waals surface area contributed by atoms with Crippen molar-refractivity contribution in [1.82, 2.24) is 0 Å². The summed E-state index contributed by atoms with van der Waals surface area (Å²) in [5.41, 5.74) is 2.50. The number of benzene rings is 2. The van der Waals surface area contributed by atoms with Crippen LogP contribution in [-0.4, -0.2) is 46.5 Å². The molecule has 0 atom stereocenters. The fourth-order valence-electron chi connectivity index (χ4n) is 3.62. The van der Waals surface area contributed by atoms with E-state index in [1.165, 1.54) is 11.3 Å². The number of rotatable bonds is 8. The van der Waals surface area contributed by atoms with E-state index < -0.39 is 0 Å². The van der Waals surface area contributed by atoms with Crippen molar-refractivity contribution in [2.45, 2.75) is 20.4 Å². The SMILES string of the molecule is CCOc1cc(C[NH+]2CCN(c3ccccc3OCC)CC2)ccc1OC. The van der Waals surface area contributed by atoms with Crippen LogP contribution in [0.4, 0.5) is 5.69 Å². The Balaban J connectivity index is 1.61. The molecule has 0 radical (unpaired) electrons. The second kappa shape index (κ2) is 9.51. The van der Waals surface area contributed by atoms with E-state index in [4.69, 9.17) is 14.2 Å². The lowest BCUT2D eigenvalue weighted by Gasteiger charge is -2.34. The van der Waals surface area contributed by atoms with Crippen molar-refractivity contribution >= 4 is 5.69 Å². The summed E-state index contributed by atoms with van der Waals surface area (Å²) in [6.07, 6.45) is 0. The van der Waals surface area contributed by atoms with Gasteiger partial charge in [0.25, 0.3) is 0 Å². The van der Waals surface area contributed by atoms with Crippen molar-refractivity contribution in [2.75, 3.05) is 51.4 Å². The van der Waals surface area contributed by atoms with Gasteiger partial charge in [-0.15, -0.1) is 0 Å². The Morgan fingerprint density at radius 2 is 1.59 bits per heavy atom. The molecule has 0 unspecified atom stereocenters. The van der Waals surface area contributed by atoms with Gasteiger partial charge in [-0.2, -0.15) is 0 Å². The largest absolute Gasteiger partial charge is 0.493 e. The number of nitrogens with one attached hydrogen (secondary N) is 1. The Labute approximate surface area is 162 Å². The monoisotopic (exact) mass is 371 g/mol. The number of piperazine rings is 1. The molecule has 0 spiro atoms. The van der Waals surface area contributed by atoms with Crippen LogP contribution in [0, 0.1) is 0 Å². The van der Waals surface area contributed by atoms with Gasteiger partial charge in [0.05, 0.1) is 52.2 Å². The third-order valence-corrected chi connectivity index (χ3v) is 4.96. The molecule has 1 aliphatic heterocycles. The van der Waals surface area contributed by atoms with Crippen LogP contribution in [0.25, 0.3) is 0 Å². The first-order valence-corrected chi connectivity index (χ1v) is 9.85. The molecule has 146 valence electrons. The maximum absolute atomic E-state index is 5.80. The zero-order chi connectivity index (χ0) is 19.1. The summed E-state index contributed by atoms with van der Waals surface area (Å²) in [6, 6.07) is 14.6. The molecule has 5 nitrogen and oxygen atoms in total. The van der Waals surface area contributed by atoms with E-state index >= 15 is 0 Å². The molecule has 0 aliphatic carbocycles. The number of quaternary nitrogens is 1. The summed E-state index contributed by atoms with van der Waals surface area (Å²) < 4.78 is 16.9. The predicted octanol–water partition coefficient (Wildman–Crippen LogP) is 2.40. The Bertz CT molecular complexity index is 727. The van der Waals surface area contributed by atoms with Gasteiger partial charge in [-0.1, -0.05) is 12.1 Å². The molecule has 5 heteroatoms. The van der Waals surface area contributed by atoms with Crippen LogP contribution in [0.5, 0.6) is 17.2 Å². The normalized spacial score (nSPS) is 14.9. The van der Waals surface area contributed by atoms with E-state index in [0.717, 1.165) is 50.0 Å². The van der Waals surface area contributed by atoms with E-state index in [9.17, 15) is 0 Å². The van der Waals surface area contributed by atoms with E-state index in [-0.39, 0.29) is 0 Å². The minimum absolute atomic E-state index is 0.643. The van der Waals surface area contributed by atoms with E-state index in [0.29, 0.717) is 13.2 Å². The summed E-state index contributed by atoms with van der Waals surface area (Å²) in [6.45, 7) is 10.7. The highest BCUT2D eigenvalue weighted by Gasteiger charge is 2.22. The van der Waals surface area contributed by atoms with Gasteiger partial charge in [0.15, 0.2) is 11.5 Å². The van der Waals surface area contributed by atoms with Crippen LogP contribution in [-0.2, 0) is 6.54 Å². The Morgan fingerprint density at radius 3 is 2.30 bits per heavy atom. The first-order valence-electron chi connectivity index (χ1n) is 9.85. The molecule has 0 bridgehead atoms. The van der Waals surface area contributed by atoms with Crippen molar-refractivity contribution in [3.63, 3.8) is 0 Å². The first-order chi connectivity index (χ1) is 13.2. The van der Waals surface area contributed by atoms with Gasteiger partial charge in [-0.05, 0) is 44.2 Å². The van der Waals surface area contributed by atoms with Gasteiger partial charge in [0.1, 0.15) is 12.3 Å². The standard InChI is InChI=1S/C22H30N2O3/c1-4-26-20-9-7-6-8-19(20)24-14-12-23(13-15-24)17-18-10-11-21(25-3)22(16-18)27-5-2/h6-11,16H,4-5,12-15,17H2,1-3H3/p+1. The van der Waals surface area contributed by atoms with E-state index in [1.807, 2.05) is 26.0 Å². The Morgan fingerprint density at radius 1 is 0.889 bits per heavy atom. The molecule has 3 rings (SSSR count). The lowest BCUT2D eigenvalue weighted by Crippen LogP contribution is -3.13. The van der Waals surface area contributed by atoms with Crippen molar-refractivity contribution in [2.24, 2.45) is 0 Å². The molecule has 1 N–H and O–H groups in total. The molecular weight excluding hydrogens is 340 g/mol. The number of nitrogens with zero attached hydrogens (tertiary/aromatic N) is 1. The fraction of sp³-hybridized carbons (Fsp3) is 0.455. The topological polar surface area (TPSA) is 35.4 Å². The van der Waals surface area contributed by atoms with E-state index in [2.05, 4.69) is 35.2 Å². The smallest absolute Gasteiger partial charge is 0.161 e. The van der Waals surface area contributed by atoms with Gasteiger partial charge < -0.3 is 24.0 Å². The zero-order valence-corrected chi connectivity index (χ0v) is 16.7. The number of hydrogen-bond acceptors (Lipinski definition) is 4. The molecule has 2 aromatic rings. The minimum Gasteiger partial charge on any atom is -0.493 e. The molecule has 1 aliphatic rings. The molecule has 0 aromatic heterocycles. The number of methoxy groups -OCH3 is 1. The number of para-hydroxylation sites is 2. The molecule has 2 aromatic carbocycles. The summed E-state index contributed by atoms with van der Waals surface area (Å²) in [5, 5.41) is 0. The third-order valence-electron chi connectivity index (χ3n) is 4.96. The summed E-state index contributed by atoms with van der Waals surface area (Å²) in [5.74, 6) is 2.62. The van der Waals surface area contributed by atoms with Crippen molar-refractivity contribution in [3.05, 3.63) is 48.0 Å². The maximum Gasteiger partial charge on any atom is 0.161 e. The van der Waals surface area contributed by atoms with Crippen LogP contribution in [0.15, 0.2) is 42.5 Å². The highest BCUT2D eigenvalue weighted by Crippen LogP contribution is 2.29. The van der Waals surface area contributed by atoms with E-state index in [1.54, 1.807) is 12.0 Å². The second-order valence-electron chi connectivity index (χ2n) is 6.73. The van der Waals surface area contributed by atoms with Crippen molar-refractivity contribution in [1.29, 1.82) is 0 Å². The number of ether oxygens (including phenoxy) is 3. The minimum atomic E-state index is 0.643. The lowest BCUT2D eigenvalue weighted by atomic mass is 10.1. The molecule has 1 saturated heterocycles. The van der Waals surface area contributed by atoms with Crippen molar-refractivity contribution in [3.8, 4) is 17.2 Å². The molecule has 1 fully saturated rings. The fourth-order valence-corrected chi connectivity index (χ4v) is 3.62. The first kappa shape index (κ1) is 19.4. The van der Waals surface area contributed by atoms with Crippen molar-refractivity contribution < 1.29 is 19.1 Å². The molecule has 0 amide bonds. The summed E-state index contributed by atoms with van der Waals surface area (Å²) in [4.78, 5) is 4.03. The zero-order valence-electron chi connectivity index (χ0n) is 16.7. The third kappa shape index (κ3) is 4.86. The quantitative estimate of drug-likeness (QED) is 0.773. The van der Waals surface area contributed by atoms with Gasteiger partial charge in [-0.3, -0.25) is 0 Å². The average Bonchev–Trinajstić information content (AvgIpc) is 2.70. The molecular formula is C22H31N2O3+. The van der Waals surface area contributed by atoms with Crippen LogP contribution in [0.1, 0.15) is 19.4 Å². The van der Waals surface area contributed by atoms with Gasteiger partial charge in [0.2, 0.25) is 0 Å². The Hall–Kier alpha value is -2.40. The van der Waals surface area contributed by atoms with Crippen LogP contribution >= 0.6 is 0 Å². The average molecular weight is 372 g/mol. The highest BCUT2D eigenvalue weighted by atomic mass is 16.5. The number of hydrogen-bond donors (Lipinski definition) is 1. The van der Waals surface area contributed by atoms with Gasteiger partial charge in [0, 0.05) is 5.56 Å². The second-order valence-corrected chi connectivity index (χ2v) is 6.73. The lowest BCUT2D eigenvalue weighted by molar-refractivity contribution is -0.914. The molecule has 27 heavy (non-hydrogen) atoms.